The van der Waals surface area contributed by atoms with Crippen molar-refractivity contribution >= 4 is 5.91 Å². The van der Waals surface area contributed by atoms with Gasteiger partial charge in [-0.25, -0.2) is 0 Å². The highest BCUT2D eigenvalue weighted by molar-refractivity contribution is 5.87. The highest BCUT2D eigenvalue weighted by atomic mass is 16.3. The van der Waals surface area contributed by atoms with Crippen LogP contribution in [0.2, 0.25) is 0 Å². The molecule has 0 aliphatic carbocycles. The molecular weight excluding hydrogens is 228 g/mol. The van der Waals surface area contributed by atoms with Crippen LogP contribution in [0.15, 0.2) is 30.3 Å². The number of aliphatic hydroxyl groups excluding tert-OH is 1. The fourth-order valence-corrected chi connectivity index (χ4v) is 1.78. The van der Waals surface area contributed by atoms with Crippen molar-refractivity contribution in [3.8, 4) is 0 Å². The quantitative estimate of drug-likeness (QED) is 0.708. The minimum atomic E-state index is -1.05. The van der Waals surface area contributed by atoms with Gasteiger partial charge >= 0.3 is 0 Å². The lowest BCUT2D eigenvalue weighted by molar-refractivity contribution is -0.127. The number of amides is 1. The fraction of sp³-hybridized carbons (Fsp3) is 0.500. The molecule has 0 bridgehead atoms. The van der Waals surface area contributed by atoms with Gasteiger partial charge in [0.25, 0.3) is 0 Å². The Morgan fingerprint density at radius 2 is 2.06 bits per heavy atom. The predicted octanol–water partition coefficient (Wildman–Crippen LogP) is 1.14. The van der Waals surface area contributed by atoms with E-state index in [1.54, 1.807) is 6.92 Å². The number of nitrogens with one attached hydrogen (secondary N) is 1. The average Bonchev–Trinajstić information content (AvgIpc) is 2.39. The molecule has 2 unspecified atom stereocenters. The SMILES string of the molecule is CCC(CCO)NC(=O)C(C)(N)c1ccccc1. The Morgan fingerprint density at radius 1 is 1.44 bits per heavy atom. The van der Waals surface area contributed by atoms with Crippen LogP contribution in [0.25, 0.3) is 0 Å². The third kappa shape index (κ3) is 3.55. The van der Waals surface area contributed by atoms with Crippen LogP contribution in [0.5, 0.6) is 0 Å². The van der Waals surface area contributed by atoms with Crippen molar-refractivity contribution in [2.75, 3.05) is 6.61 Å². The highest BCUT2D eigenvalue weighted by Gasteiger charge is 2.31. The van der Waals surface area contributed by atoms with Crippen LogP contribution in [-0.4, -0.2) is 23.7 Å². The maximum Gasteiger partial charge on any atom is 0.244 e. The zero-order valence-corrected chi connectivity index (χ0v) is 11.0. The Bertz CT molecular complexity index is 377. The molecule has 4 nitrogen and oxygen atoms in total. The summed E-state index contributed by atoms with van der Waals surface area (Å²) in [6.07, 6.45) is 1.32. The number of carbonyl (C=O) groups is 1. The summed E-state index contributed by atoms with van der Waals surface area (Å²) >= 11 is 0. The monoisotopic (exact) mass is 250 g/mol. The van der Waals surface area contributed by atoms with Gasteiger partial charge in [0.2, 0.25) is 5.91 Å². The van der Waals surface area contributed by atoms with Crippen LogP contribution in [-0.2, 0) is 10.3 Å². The molecule has 1 aromatic carbocycles. The van der Waals surface area contributed by atoms with E-state index in [0.29, 0.717) is 6.42 Å². The molecule has 1 rings (SSSR count). The van der Waals surface area contributed by atoms with E-state index in [2.05, 4.69) is 5.32 Å². The topological polar surface area (TPSA) is 75.3 Å². The lowest BCUT2D eigenvalue weighted by atomic mass is 9.91. The molecule has 1 amide bonds. The average molecular weight is 250 g/mol. The second-order valence-electron chi connectivity index (χ2n) is 4.66. The van der Waals surface area contributed by atoms with Gasteiger partial charge in [0.1, 0.15) is 5.54 Å². The first-order chi connectivity index (χ1) is 8.52. The van der Waals surface area contributed by atoms with E-state index < -0.39 is 5.54 Å². The molecule has 4 N–H and O–H groups in total. The van der Waals surface area contributed by atoms with E-state index in [1.807, 2.05) is 37.3 Å². The Labute approximate surface area is 108 Å². The smallest absolute Gasteiger partial charge is 0.244 e. The number of benzene rings is 1. The first-order valence-corrected chi connectivity index (χ1v) is 6.28. The van der Waals surface area contributed by atoms with Gasteiger partial charge < -0.3 is 16.2 Å². The minimum Gasteiger partial charge on any atom is -0.396 e. The molecule has 0 heterocycles. The molecule has 18 heavy (non-hydrogen) atoms. The molecule has 2 atom stereocenters. The van der Waals surface area contributed by atoms with Crippen LogP contribution in [0, 0.1) is 0 Å². The maximum absolute atomic E-state index is 12.2. The zero-order valence-electron chi connectivity index (χ0n) is 11.0. The van der Waals surface area contributed by atoms with E-state index in [-0.39, 0.29) is 18.6 Å². The summed E-state index contributed by atoms with van der Waals surface area (Å²) in [5, 5.41) is 11.8. The molecule has 0 aromatic heterocycles. The Balaban J connectivity index is 2.76. The second kappa shape index (κ2) is 6.52. The van der Waals surface area contributed by atoms with Gasteiger partial charge in [-0.05, 0) is 25.3 Å². The van der Waals surface area contributed by atoms with E-state index >= 15 is 0 Å². The number of carbonyl (C=O) groups excluding carboxylic acids is 1. The van der Waals surface area contributed by atoms with Gasteiger partial charge in [-0.1, -0.05) is 37.3 Å². The van der Waals surface area contributed by atoms with Crippen molar-refractivity contribution < 1.29 is 9.90 Å². The van der Waals surface area contributed by atoms with Gasteiger partial charge in [0.05, 0.1) is 0 Å². The molecule has 100 valence electrons. The summed E-state index contributed by atoms with van der Waals surface area (Å²) in [6, 6.07) is 9.25. The normalized spacial score (nSPS) is 15.8. The molecule has 0 spiro atoms. The van der Waals surface area contributed by atoms with Crippen molar-refractivity contribution in [1.29, 1.82) is 0 Å². The van der Waals surface area contributed by atoms with Crippen molar-refractivity contribution in [2.45, 2.75) is 38.3 Å². The van der Waals surface area contributed by atoms with Gasteiger partial charge in [0.15, 0.2) is 0 Å². The van der Waals surface area contributed by atoms with Gasteiger partial charge in [-0.3, -0.25) is 4.79 Å². The second-order valence-corrected chi connectivity index (χ2v) is 4.66. The Hall–Kier alpha value is -1.39. The van der Waals surface area contributed by atoms with Crippen LogP contribution in [0.4, 0.5) is 0 Å². The van der Waals surface area contributed by atoms with Gasteiger partial charge in [0, 0.05) is 12.6 Å². The van der Waals surface area contributed by atoms with Crippen LogP contribution >= 0.6 is 0 Å². The van der Waals surface area contributed by atoms with E-state index in [1.165, 1.54) is 0 Å². The molecule has 0 radical (unpaired) electrons. The maximum atomic E-state index is 12.2. The van der Waals surface area contributed by atoms with Crippen LogP contribution < -0.4 is 11.1 Å². The van der Waals surface area contributed by atoms with E-state index in [4.69, 9.17) is 10.8 Å². The summed E-state index contributed by atoms with van der Waals surface area (Å²) < 4.78 is 0. The fourth-order valence-electron chi connectivity index (χ4n) is 1.78. The number of hydrogen-bond donors (Lipinski definition) is 3. The number of rotatable bonds is 6. The molecule has 0 fully saturated rings. The summed E-state index contributed by atoms with van der Waals surface area (Å²) in [6.45, 7) is 3.73. The number of aliphatic hydroxyl groups is 1. The number of hydrogen-bond acceptors (Lipinski definition) is 3. The van der Waals surface area contributed by atoms with E-state index in [9.17, 15) is 4.79 Å². The molecule has 1 aromatic rings. The Morgan fingerprint density at radius 3 is 2.56 bits per heavy atom. The predicted molar refractivity (Wildman–Crippen MR) is 71.9 cm³/mol. The summed E-state index contributed by atoms with van der Waals surface area (Å²) in [5.41, 5.74) is 5.83. The number of nitrogens with two attached hydrogens (primary N) is 1. The lowest BCUT2D eigenvalue weighted by Gasteiger charge is -2.27. The summed E-state index contributed by atoms with van der Waals surface area (Å²) in [4.78, 5) is 12.2. The van der Waals surface area contributed by atoms with Crippen LogP contribution in [0.3, 0.4) is 0 Å². The van der Waals surface area contributed by atoms with Crippen molar-refractivity contribution in [3.63, 3.8) is 0 Å². The minimum absolute atomic E-state index is 0.0333. The molecule has 4 heteroatoms. The van der Waals surface area contributed by atoms with Crippen molar-refractivity contribution in [3.05, 3.63) is 35.9 Å². The van der Waals surface area contributed by atoms with E-state index in [0.717, 1.165) is 12.0 Å². The Kier molecular flexibility index (Phi) is 5.31. The van der Waals surface area contributed by atoms with Gasteiger partial charge in [-0.15, -0.1) is 0 Å². The third-order valence-corrected chi connectivity index (χ3v) is 3.15. The first kappa shape index (κ1) is 14.7. The van der Waals surface area contributed by atoms with Gasteiger partial charge in [-0.2, -0.15) is 0 Å². The zero-order chi connectivity index (χ0) is 13.6. The summed E-state index contributed by atoms with van der Waals surface area (Å²) in [7, 11) is 0. The largest absolute Gasteiger partial charge is 0.396 e. The standard InChI is InChI=1S/C14H22N2O2/c1-3-12(9-10-17)16-13(18)14(2,15)11-7-5-4-6-8-11/h4-8,12,17H,3,9-10,15H2,1-2H3,(H,16,18). The van der Waals surface area contributed by atoms with Crippen molar-refractivity contribution in [1.82, 2.24) is 5.32 Å². The molecule has 0 aliphatic rings. The first-order valence-electron chi connectivity index (χ1n) is 6.28. The molecular formula is C14H22N2O2. The molecule has 0 aliphatic heterocycles. The third-order valence-electron chi connectivity index (χ3n) is 3.15. The van der Waals surface area contributed by atoms with Crippen LogP contribution in [0.1, 0.15) is 32.3 Å². The molecule has 0 saturated carbocycles. The molecule has 0 saturated heterocycles. The summed E-state index contributed by atoms with van der Waals surface area (Å²) in [5.74, 6) is -0.214. The highest BCUT2D eigenvalue weighted by Crippen LogP contribution is 2.18. The van der Waals surface area contributed by atoms with Crippen molar-refractivity contribution in [2.24, 2.45) is 5.73 Å². The lowest BCUT2D eigenvalue weighted by Crippen LogP contribution is -2.52.